The smallest absolute Gasteiger partial charge is 0.0900 e. The molecule has 2 N–H and O–H groups in total. The molecule has 1 heterocycles. The number of hydrogen-bond acceptors (Lipinski definition) is 5. The van der Waals surface area contributed by atoms with E-state index in [1.165, 1.54) is 32.2 Å². The molecule has 1 saturated carbocycles. The molecular weight excluding hydrogens is 256 g/mol. The summed E-state index contributed by atoms with van der Waals surface area (Å²) in [6.45, 7) is 5.68. The highest BCUT2D eigenvalue weighted by molar-refractivity contribution is 4.83. The lowest BCUT2D eigenvalue weighted by atomic mass is 9.96. The van der Waals surface area contributed by atoms with Gasteiger partial charge in [-0.1, -0.05) is 0 Å². The van der Waals surface area contributed by atoms with Crippen LogP contribution in [0.5, 0.6) is 0 Å². The van der Waals surface area contributed by atoms with Crippen molar-refractivity contribution in [3.05, 3.63) is 0 Å². The Balaban J connectivity index is 1.49. The molecule has 5 nitrogen and oxygen atoms in total. The van der Waals surface area contributed by atoms with Crippen LogP contribution in [0.15, 0.2) is 0 Å². The number of piperidine rings is 1. The summed E-state index contributed by atoms with van der Waals surface area (Å²) in [6.07, 6.45) is 4.85. The second-order valence-corrected chi connectivity index (χ2v) is 6.15. The number of nitrogens with zero attached hydrogens (tertiary/aromatic N) is 1. The number of hydrogen-bond donors (Lipinski definition) is 2. The first-order valence-corrected chi connectivity index (χ1v) is 7.98. The first kappa shape index (κ1) is 16.2. The predicted octanol–water partition coefficient (Wildman–Crippen LogP) is 0.474. The van der Waals surface area contributed by atoms with Crippen molar-refractivity contribution in [2.45, 2.75) is 37.8 Å². The van der Waals surface area contributed by atoms with Gasteiger partial charge in [0, 0.05) is 19.7 Å². The monoisotopic (exact) mass is 286 g/mol. The fourth-order valence-corrected chi connectivity index (χ4v) is 2.71. The molecule has 0 aromatic rings. The van der Waals surface area contributed by atoms with E-state index in [1.807, 2.05) is 0 Å². The SMILES string of the molecule is COCCOCC(O)CN1CCC(CNC2CC2)CC1. The first-order valence-electron chi connectivity index (χ1n) is 7.98. The molecule has 0 aromatic heterocycles. The van der Waals surface area contributed by atoms with Crippen molar-refractivity contribution in [2.24, 2.45) is 5.92 Å². The molecule has 0 amide bonds. The van der Waals surface area contributed by atoms with Crippen LogP contribution in [0.25, 0.3) is 0 Å². The Morgan fingerprint density at radius 3 is 2.60 bits per heavy atom. The lowest BCUT2D eigenvalue weighted by Gasteiger charge is -2.33. The van der Waals surface area contributed by atoms with E-state index in [-0.39, 0.29) is 6.10 Å². The minimum absolute atomic E-state index is 0.381. The van der Waals surface area contributed by atoms with Crippen LogP contribution in [0, 0.1) is 5.92 Å². The third-order valence-electron chi connectivity index (χ3n) is 4.19. The molecule has 20 heavy (non-hydrogen) atoms. The zero-order chi connectivity index (χ0) is 14.2. The lowest BCUT2D eigenvalue weighted by Crippen LogP contribution is -2.42. The van der Waals surface area contributed by atoms with E-state index in [2.05, 4.69) is 10.2 Å². The molecule has 0 spiro atoms. The third-order valence-corrected chi connectivity index (χ3v) is 4.19. The normalized spacial score (nSPS) is 23.1. The van der Waals surface area contributed by atoms with Gasteiger partial charge in [0.05, 0.1) is 25.9 Å². The van der Waals surface area contributed by atoms with Gasteiger partial charge in [-0.3, -0.25) is 0 Å². The minimum Gasteiger partial charge on any atom is -0.389 e. The molecule has 118 valence electrons. The van der Waals surface area contributed by atoms with Gasteiger partial charge in [-0.2, -0.15) is 0 Å². The number of β-amino-alcohol motifs (C(OH)–C–C–N with tert-alkyl or cyclic N) is 1. The zero-order valence-electron chi connectivity index (χ0n) is 12.7. The quantitative estimate of drug-likeness (QED) is 0.572. The molecule has 0 bridgehead atoms. The van der Waals surface area contributed by atoms with Crippen molar-refractivity contribution < 1.29 is 14.6 Å². The topological polar surface area (TPSA) is 54.0 Å². The Bertz CT molecular complexity index is 254. The summed E-state index contributed by atoms with van der Waals surface area (Å²) in [4.78, 5) is 2.36. The van der Waals surface area contributed by atoms with Crippen molar-refractivity contribution >= 4 is 0 Å². The van der Waals surface area contributed by atoms with Crippen molar-refractivity contribution in [2.75, 3.05) is 53.1 Å². The largest absolute Gasteiger partial charge is 0.389 e. The molecule has 1 aliphatic carbocycles. The number of nitrogens with one attached hydrogen (secondary N) is 1. The fourth-order valence-electron chi connectivity index (χ4n) is 2.71. The third kappa shape index (κ3) is 6.50. The maximum absolute atomic E-state index is 9.93. The average Bonchev–Trinajstić information content (AvgIpc) is 3.27. The highest BCUT2D eigenvalue weighted by atomic mass is 16.5. The summed E-state index contributed by atoms with van der Waals surface area (Å²) < 4.78 is 10.3. The molecule has 1 aliphatic heterocycles. The van der Waals surface area contributed by atoms with E-state index in [4.69, 9.17) is 9.47 Å². The molecule has 1 unspecified atom stereocenters. The van der Waals surface area contributed by atoms with Crippen LogP contribution >= 0.6 is 0 Å². The van der Waals surface area contributed by atoms with Crippen LogP contribution in [0.1, 0.15) is 25.7 Å². The van der Waals surface area contributed by atoms with E-state index >= 15 is 0 Å². The summed E-state index contributed by atoms with van der Waals surface area (Å²) in [5.41, 5.74) is 0. The lowest BCUT2D eigenvalue weighted by molar-refractivity contribution is -0.00458. The van der Waals surface area contributed by atoms with Gasteiger partial charge in [0.2, 0.25) is 0 Å². The highest BCUT2D eigenvalue weighted by Gasteiger charge is 2.24. The maximum atomic E-state index is 9.93. The van der Waals surface area contributed by atoms with Gasteiger partial charge >= 0.3 is 0 Å². The van der Waals surface area contributed by atoms with Gasteiger partial charge in [-0.15, -0.1) is 0 Å². The Labute approximate surface area is 122 Å². The average molecular weight is 286 g/mol. The standard InChI is InChI=1S/C15H30N2O3/c1-19-8-9-20-12-15(18)11-17-6-4-13(5-7-17)10-16-14-2-3-14/h13-16,18H,2-12H2,1H3. The molecular formula is C15H30N2O3. The molecule has 2 aliphatic rings. The van der Waals surface area contributed by atoms with Crippen molar-refractivity contribution in [1.29, 1.82) is 0 Å². The Hall–Kier alpha value is -0.200. The predicted molar refractivity (Wildman–Crippen MR) is 78.9 cm³/mol. The van der Waals surface area contributed by atoms with Crippen LogP contribution in [0.4, 0.5) is 0 Å². The first-order chi connectivity index (χ1) is 9.78. The fraction of sp³-hybridized carbons (Fsp3) is 1.00. The van der Waals surface area contributed by atoms with E-state index in [1.54, 1.807) is 7.11 Å². The minimum atomic E-state index is -0.381. The summed E-state index contributed by atoms with van der Waals surface area (Å²) in [7, 11) is 1.65. The van der Waals surface area contributed by atoms with Gasteiger partial charge in [0.1, 0.15) is 0 Å². The van der Waals surface area contributed by atoms with Crippen molar-refractivity contribution in [1.82, 2.24) is 10.2 Å². The molecule has 0 aromatic carbocycles. The molecule has 0 radical (unpaired) electrons. The number of likely N-dealkylation sites (tertiary alicyclic amines) is 1. The van der Waals surface area contributed by atoms with E-state index in [9.17, 15) is 5.11 Å². The molecule has 2 rings (SSSR count). The Morgan fingerprint density at radius 1 is 1.20 bits per heavy atom. The van der Waals surface area contributed by atoms with E-state index in [0.29, 0.717) is 19.8 Å². The number of ether oxygens (including phenoxy) is 2. The van der Waals surface area contributed by atoms with Crippen LogP contribution in [0.3, 0.4) is 0 Å². The molecule has 2 fully saturated rings. The summed E-state index contributed by atoms with van der Waals surface area (Å²) >= 11 is 0. The number of methoxy groups -OCH3 is 1. The van der Waals surface area contributed by atoms with Crippen molar-refractivity contribution in [3.8, 4) is 0 Å². The second-order valence-electron chi connectivity index (χ2n) is 6.15. The van der Waals surface area contributed by atoms with Gasteiger partial charge in [0.15, 0.2) is 0 Å². The van der Waals surface area contributed by atoms with Crippen LogP contribution in [-0.2, 0) is 9.47 Å². The number of rotatable bonds is 10. The summed E-state index contributed by atoms with van der Waals surface area (Å²) in [5.74, 6) is 0.821. The van der Waals surface area contributed by atoms with Crippen LogP contribution in [0.2, 0.25) is 0 Å². The second kappa shape index (κ2) is 8.95. The van der Waals surface area contributed by atoms with E-state index in [0.717, 1.165) is 31.6 Å². The van der Waals surface area contributed by atoms with Gasteiger partial charge in [0.25, 0.3) is 0 Å². The van der Waals surface area contributed by atoms with E-state index < -0.39 is 0 Å². The summed E-state index contributed by atoms with van der Waals surface area (Å²) in [6, 6.07) is 0.819. The highest BCUT2D eigenvalue weighted by Crippen LogP contribution is 2.21. The zero-order valence-corrected chi connectivity index (χ0v) is 12.7. The van der Waals surface area contributed by atoms with Gasteiger partial charge < -0.3 is 24.8 Å². The van der Waals surface area contributed by atoms with Crippen molar-refractivity contribution in [3.63, 3.8) is 0 Å². The molecule has 1 saturated heterocycles. The summed E-state index contributed by atoms with van der Waals surface area (Å²) in [5, 5.41) is 13.6. The molecule has 1 atom stereocenters. The Morgan fingerprint density at radius 2 is 1.95 bits per heavy atom. The Kier molecular flexibility index (Phi) is 7.24. The number of aliphatic hydroxyl groups is 1. The maximum Gasteiger partial charge on any atom is 0.0900 e. The molecule has 5 heteroatoms. The number of aliphatic hydroxyl groups excluding tert-OH is 1. The van der Waals surface area contributed by atoms with Gasteiger partial charge in [-0.25, -0.2) is 0 Å². The van der Waals surface area contributed by atoms with Gasteiger partial charge in [-0.05, 0) is 51.2 Å². The van der Waals surface area contributed by atoms with Crippen LogP contribution in [-0.4, -0.2) is 75.3 Å². The van der Waals surface area contributed by atoms with Crippen LogP contribution < -0.4 is 5.32 Å².